The van der Waals surface area contributed by atoms with E-state index in [9.17, 15) is 14.4 Å². The number of carboxylic acids is 1. The Kier molecular flexibility index (Phi) is 5.83. The summed E-state index contributed by atoms with van der Waals surface area (Å²) in [6.07, 6.45) is 4.08. The predicted octanol–water partition coefficient (Wildman–Crippen LogP) is 0.799. The van der Waals surface area contributed by atoms with Crippen LogP contribution in [0.15, 0.2) is 12.4 Å². The van der Waals surface area contributed by atoms with Crippen LogP contribution in [0.1, 0.15) is 47.7 Å². The summed E-state index contributed by atoms with van der Waals surface area (Å²) in [6, 6.07) is 0. The van der Waals surface area contributed by atoms with Gasteiger partial charge in [0.1, 0.15) is 5.69 Å². The highest BCUT2D eigenvalue weighted by molar-refractivity contribution is 5.92. The largest absolute Gasteiger partial charge is 0.476 e. The molecule has 1 aromatic rings. The minimum absolute atomic E-state index is 0.00794. The summed E-state index contributed by atoms with van der Waals surface area (Å²) in [7, 11) is 0. The maximum absolute atomic E-state index is 12.5. The molecule has 8 nitrogen and oxygen atoms in total. The molecular weight excluding hydrogens is 312 g/mol. The van der Waals surface area contributed by atoms with Crippen molar-refractivity contribution in [3.8, 4) is 0 Å². The lowest BCUT2D eigenvalue weighted by Gasteiger charge is -2.32. The molecule has 1 aromatic heterocycles. The van der Waals surface area contributed by atoms with Gasteiger partial charge in [0.25, 0.3) is 5.91 Å². The second-order valence-electron chi connectivity index (χ2n) is 6.25. The fraction of sp³-hybridized carbons (Fsp3) is 0.562. The molecule has 2 N–H and O–H groups in total. The molecule has 1 atom stereocenters. The molecule has 0 bridgehead atoms. The molecule has 24 heavy (non-hydrogen) atoms. The third kappa shape index (κ3) is 4.50. The van der Waals surface area contributed by atoms with Crippen molar-refractivity contribution < 1.29 is 19.5 Å². The summed E-state index contributed by atoms with van der Waals surface area (Å²) in [6.45, 7) is 5.39. The first-order valence-electron chi connectivity index (χ1n) is 8.00. The minimum atomic E-state index is -1.18. The van der Waals surface area contributed by atoms with E-state index >= 15 is 0 Å². The number of likely N-dealkylation sites (tertiary alicyclic amines) is 1. The van der Waals surface area contributed by atoms with Crippen LogP contribution in [0.4, 0.5) is 0 Å². The van der Waals surface area contributed by atoms with Gasteiger partial charge >= 0.3 is 5.97 Å². The van der Waals surface area contributed by atoms with Gasteiger partial charge in [-0.15, -0.1) is 0 Å². The van der Waals surface area contributed by atoms with Crippen molar-refractivity contribution in [2.24, 2.45) is 11.8 Å². The zero-order valence-corrected chi connectivity index (χ0v) is 13.9. The van der Waals surface area contributed by atoms with E-state index in [0.29, 0.717) is 19.6 Å². The predicted molar refractivity (Wildman–Crippen MR) is 85.5 cm³/mol. The molecule has 2 rings (SSSR count). The molecule has 1 fully saturated rings. The van der Waals surface area contributed by atoms with Gasteiger partial charge in [-0.3, -0.25) is 9.59 Å². The Hall–Kier alpha value is -2.51. The Morgan fingerprint density at radius 2 is 1.96 bits per heavy atom. The number of rotatable bonds is 5. The summed E-state index contributed by atoms with van der Waals surface area (Å²) in [5.41, 5.74) is -0.0636. The number of amides is 2. The molecule has 0 spiro atoms. The van der Waals surface area contributed by atoms with E-state index in [1.165, 1.54) is 6.20 Å². The fourth-order valence-electron chi connectivity index (χ4n) is 2.58. The van der Waals surface area contributed by atoms with Gasteiger partial charge in [-0.1, -0.05) is 13.8 Å². The van der Waals surface area contributed by atoms with Gasteiger partial charge in [-0.25, -0.2) is 14.8 Å². The standard InChI is InChI=1S/C16H22N4O4/c1-10(2)14(21)19-6-11-4-3-5-20(9-11)15(22)12-7-18-13(8-17-12)16(23)24/h7-8,10-11H,3-6,9H2,1-2H3,(H,19,21)(H,23,24). The molecule has 0 aliphatic carbocycles. The Bertz CT molecular complexity index is 615. The van der Waals surface area contributed by atoms with Crippen LogP contribution in [-0.4, -0.2) is 57.4 Å². The number of piperidine rings is 1. The molecule has 0 saturated carbocycles. The molecule has 1 saturated heterocycles. The van der Waals surface area contributed by atoms with Crippen LogP contribution in [0.2, 0.25) is 0 Å². The van der Waals surface area contributed by atoms with E-state index in [4.69, 9.17) is 5.11 Å². The summed E-state index contributed by atoms with van der Waals surface area (Å²) in [5, 5.41) is 11.7. The molecule has 2 amide bonds. The quantitative estimate of drug-likeness (QED) is 0.823. The van der Waals surface area contributed by atoms with Crippen molar-refractivity contribution in [2.45, 2.75) is 26.7 Å². The highest BCUT2D eigenvalue weighted by Crippen LogP contribution is 2.17. The molecule has 0 aromatic carbocycles. The maximum atomic E-state index is 12.5. The van der Waals surface area contributed by atoms with E-state index in [-0.39, 0.29) is 35.0 Å². The second-order valence-corrected chi connectivity index (χ2v) is 6.25. The van der Waals surface area contributed by atoms with Crippen LogP contribution in [0.5, 0.6) is 0 Å². The molecule has 8 heteroatoms. The lowest BCUT2D eigenvalue weighted by Crippen LogP contribution is -2.44. The number of aromatic carboxylic acids is 1. The van der Waals surface area contributed by atoms with Gasteiger partial charge in [0, 0.05) is 25.6 Å². The average molecular weight is 334 g/mol. The molecule has 1 aliphatic rings. The number of aromatic nitrogens is 2. The first-order valence-corrected chi connectivity index (χ1v) is 8.00. The van der Waals surface area contributed by atoms with Crippen molar-refractivity contribution in [1.29, 1.82) is 0 Å². The highest BCUT2D eigenvalue weighted by atomic mass is 16.4. The second kappa shape index (κ2) is 7.85. The number of hydrogen-bond donors (Lipinski definition) is 2. The van der Waals surface area contributed by atoms with E-state index in [1.807, 2.05) is 13.8 Å². The summed E-state index contributed by atoms with van der Waals surface area (Å²) >= 11 is 0. The van der Waals surface area contributed by atoms with Crippen LogP contribution in [0.3, 0.4) is 0 Å². The van der Waals surface area contributed by atoms with Gasteiger partial charge in [0.05, 0.1) is 12.4 Å². The number of nitrogens with zero attached hydrogens (tertiary/aromatic N) is 3. The molecule has 1 unspecified atom stereocenters. The van der Waals surface area contributed by atoms with Gasteiger partial charge in [0.2, 0.25) is 5.91 Å². The number of carbonyl (C=O) groups excluding carboxylic acids is 2. The number of hydrogen-bond acceptors (Lipinski definition) is 5. The monoisotopic (exact) mass is 334 g/mol. The van der Waals surface area contributed by atoms with Gasteiger partial charge in [-0.2, -0.15) is 0 Å². The smallest absolute Gasteiger partial charge is 0.356 e. The first-order chi connectivity index (χ1) is 11.4. The third-order valence-corrected chi connectivity index (χ3v) is 3.99. The van der Waals surface area contributed by atoms with Crippen LogP contribution < -0.4 is 5.32 Å². The van der Waals surface area contributed by atoms with E-state index in [2.05, 4.69) is 15.3 Å². The van der Waals surface area contributed by atoms with Gasteiger partial charge < -0.3 is 15.3 Å². The normalized spacial score (nSPS) is 17.6. The Morgan fingerprint density at radius 1 is 1.29 bits per heavy atom. The lowest BCUT2D eigenvalue weighted by atomic mass is 9.97. The van der Waals surface area contributed by atoms with Crippen molar-refractivity contribution in [1.82, 2.24) is 20.2 Å². The zero-order valence-electron chi connectivity index (χ0n) is 13.9. The highest BCUT2D eigenvalue weighted by Gasteiger charge is 2.26. The van der Waals surface area contributed by atoms with Crippen LogP contribution in [0.25, 0.3) is 0 Å². The van der Waals surface area contributed by atoms with E-state index < -0.39 is 5.97 Å². The van der Waals surface area contributed by atoms with Gasteiger partial charge in [-0.05, 0) is 18.8 Å². The van der Waals surface area contributed by atoms with E-state index in [0.717, 1.165) is 19.0 Å². The molecular formula is C16H22N4O4. The fourth-order valence-corrected chi connectivity index (χ4v) is 2.58. The van der Waals surface area contributed by atoms with Gasteiger partial charge in [0.15, 0.2) is 5.69 Å². The SMILES string of the molecule is CC(C)C(=O)NCC1CCCN(C(=O)c2cnc(C(=O)O)cn2)C1. The molecule has 1 aliphatic heterocycles. The Labute approximate surface area is 140 Å². The average Bonchev–Trinajstić information content (AvgIpc) is 2.59. The Balaban J connectivity index is 1.94. The summed E-state index contributed by atoms with van der Waals surface area (Å²) in [4.78, 5) is 44.2. The van der Waals surface area contributed by atoms with E-state index in [1.54, 1.807) is 4.90 Å². The summed E-state index contributed by atoms with van der Waals surface area (Å²) < 4.78 is 0. The van der Waals surface area contributed by atoms with Crippen molar-refractivity contribution in [2.75, 3.05) is 19.6 Å². The van der Waals surface area contributed by atoms with Crippen LogP contribution in [0, 0.1) is 11.8 Å². The van der Waals surface area contributed by atoms with Crippen LogP contribution in [-0.2, 0) is 4.79 Å². The van der Waals surface area contributed by atoms with Crippen molar-refractivity contribution >= 4 is 17.8 Å². The topological polar surface area (TPSA) is 112 Å². The maximum Gasteiger partial charge on any atom is 0.356 e. The van der Waals surface area contributed by atoms with Crippen molar-refractivity contribution in [3.05, 3.63) is 23.8 Å². The number of carbonyl (C=O) groups is 3. The van der Waals surface area contributed by atoms with Crippen molar-refractivity contribution in [3.63, 3.8) is 0 Å². The first kappa shape index (κ1) is 17.8. The summed E-state index contributed by atoms with van der Waals surface area (Å²) in [5.74, 6) is -1.29. The lowest BCUT2D eigenvalue weighted by molar-refractivity contribution is -0.124. The third-order valence-electron chi connectivity index (χ3n) is 3.99. The van der Waals surface area contributed by atoms with Crippen LogP contribution >= 0.6 is 0 Å². The number of carboxylic acid groups (broad SMARTS) is 1. The minimum Gasteiger partial charge on any atom is -0.476 e. The zero-order chi connectivity index (χ0) is 17.7. The molecule has 2 heterocycles. The molecule has 130 valence electrons. The Morgan fingerprint density at radius 3 is 2.54 bits per heavy atom. The number of nitrogens with one attached hydrogen (secondary N) is 1. The molecule has 0 radical (unpaired) electrons.